The molecule has 3 rings (SSSR count). The zero-order valence-electron chi connectivity index (χ0n) is 15.5. The lowest BCUT2D eigenvalue weighted by atomic mass is 9.99. The molecule has 4 heteroatoms. The molecule has 1 aliphatic heterocycles. The van der Waals surface area contributed by atoms with Gasteiger partial charge in [-0.3, -0.25) is 9.69 Å². The van der Waals surface area contributed by atoms with Crippen LogP contribution in [0.1, 0.15) is 30.5 Å². The summed E-state index contributed by atoms with van der Waals surface area (Å²) in [6.45, 7) is 6.22. The van der Waals surface area contributed by atoms with Crippen LogP contribution in [-0.2, 0) is 24.2 Å². The maximum absolute atomic E-state index is 10.8. The van der Waals surface area contributed by atoms with Gasteiger partial charge >= 0.3 is 5.97 Å². The number of hydrogen-bond donors (Lipinski definition) is 1. The summed E-state index contributed by atoms with van der Waals surface area (Å²) in [5, 5.41) is 8.93. The number of aliphatic carboxylic acids is 1. The Morgan fingerprint density at radius 3 is 2.00 bits per heavy atom. The van der Waals surface area contributed by atoms with Crippen LogP contribution in [0.2, 0.25) is 0 Å². The molecule has 1 fully saturated rings. The first-order valence-electron chi connectivity index (χ1n) is 9.28. The van der Waals surface area contributed by atoms with E-state index in [1.165, 1.54) is 16.7 Å². The van der Waals surface area contributed by atoms with Gasteiger partial charge in [0.15, 0.2) is 0 Å². The highest BCUT2D eigenvalue weighted by Crippen LogP contribution is 2.20. The van der Waals surface area contributed by atoms with E-state index in [0.717, 1.165) is 25.1 Å². The number of nitrogens with zero attached hydrogens (tertiary/aromatic N) is 1. The molecule has 0 atom stereocenters. The van der Waals surface area contributed by atoms with Crippen LogP contribution >= 0.6 is 0 Å². The summed E-state index contributed by atoms with van der Waals surface area (Å²) in [5.41, 5.74) is 3.88. The van der Waals surface area contributed by atoms with Gasteiger partial charge in [0.25, 0.3) is 0 Å². The summed E-state index contributed by atoms with van der Waals surface area (Å²) in [7, 11) is 0. The predicted molar refractivity (Wildman–Crippen MR) is 102 cm³/mol. The van der Waals surface area contributed by atoms with Gasteiger partial charge in [-0.2, -0.15) is 0 Å². The highest BCUT2D eigenvalue weighted by Gasteiger charge is 2.31. The second-order valence-electron chi connectivity index (χ2n) is 7.36. The quantitative estimate of drug-likeness (QED) is 0.785. The van der Waals surface area contributed by atoms with Crippen LogP contribution in [0.3, 0.4) is 0 Å². The average molecular weight is 353 g/mol. The summed E-state index contributed by atoms with van der Waals surface area (Å²) in [4.78, 5) is 13.0. The van der Waals surface area contributed by atoms with Crippen molar-refractivity contribution >= 4 is 5.97 Å². The molecule has 1 heterocycles. The van der Waals surface area contributed by atoms with E-state index in [4.69, 9.17) is 9.84 Å². The molecule has 2 aromatic rings. The third-order valence-corrected chi connectivity index (χ3v) is 4.73. The highest BCUT2D eigenvalue weighted by molar-refractivity contribution is 5.71. The molecule has 2 aromatic carbocycles. The van der Waals surface area contributed by atoms with E-state index in [-0.39, 0.29) is 12.0 Å². The van der Waals surface area contributed by atoms with E-state index in [1.54, 1.807) is 0 Å². The van der Waals surface area contributed by atoms with Crippen molar-refractivity contribution in [3.8, 4) is 5.75 Å². The lowest BCUT2D eigenvalue weighted by Crippen LogP contribution is -2.49. The summed E-state index contributed by atoms with van der Waals surface area (Å²) in [5.74, 6) is 0.0521. The zero-order chi connectivity index (χ0) is 18.5. The molecule has 0 spiro atoms. The average Bonchev–Trinajstić information content (AvgIpc) is 2.57. The first-order valence-corrected chi connectivity index (χ1v) is 9.28. The normalized spacial score (nSPS) is 15.0. The van der Waals surface area contributed by atoms with Gasteiger partial charge in [-0.15, -0.1) is 0 Å². The molecule has 0 unspecified atom stereocenters. The molecule has 0 bridgehead atoms. The van der Waals surface area contributed by atoms with Gasteiger partial charge in [-0.05, 0) is 55.5 Å². The van der Waals surface area contributed by atoms with Gasteiger partial charge in [0, 0.05) is 19.6 Å². The van der Waals surface area contributed by atoms with Gasteiger partial charge in [0.2, 0.25) is 0 Å². The summed E-state index contributed by atoms with van der Waals surface area (Å²) in [6, 6.07) is 17.0. The molecule has 1 N–H and O–H groups in total. The monoisotopic (exact) mass is 353 g/mol. The van der Waals surface area contributed by atoms with Crippen molar-refractivity contribution in [3.05, 3.63) is 65.2 Å². The van der Waals surface area contributed by atoms with Gasteiger partial charge in [0.1, 0.15) is 5.75 Å². The fraction of sp³-hybridized carbons (Fsp3) is 0.409. The second-order valence-corrected chi connectivity index (χ2v) is 7.36. The van der Waals surface area contributed by atoms with Crippen molar-refractivity contribution in [2.24, 2.45) is 5.92 Å². The topological polar surface area (TPSA) is 49.8 Å². The standard InChI is InChI=1S/C22H27NO3/c1-16(2)26-21-11-9-18(10-12-21)4-3-17-5-7-19(8-6-17)13-23-14-20(15-23)22(24)25/h5-12,16,20H,3-4,13-15H2,1-2H3,(H,24,25). The Morgan fingerprint density at radius 2 is 1.50 bits per heavy atom. The number of ether oxygens (including phenoxy) is 1. The van der Waals surface area contributed by atoms with Crippen LogP contribution < -0.4 is 4.74 Å². The molecule has 138 valence electrons. The minimum absolute atomic E-state index is 0.188. The summed E-state index contributed by atoms with van der Waals surface area (Å²) >= 11 is 0. The number of carboxylic acid groups (broad SMARTS) is 1. The fourth-order valence-corrected chi connectivity index (χ4v) is 3.22. The van der Waals surface area contributed by atoms with Crippen molar-refractivity contribution in [3.63, 3.8) is 0 Å². The molecule has 4 nitrogen and oxygen atoms in total. The van der Waals surface area contributed by atoms with E-state index in [1.807, 2.05) is 26.0 Å². The first-order chi connectivity index (χ1) is 12.5. The Hall–Kier alpha value is -2.33. The molecule has 1 saturated heterocycles. The largest absolute Gasteiger partial charge is 0.491 e. The fourth-order valence-electron chi connectivity index (χ4n) is 3.22. The second kappa shape index (κ2) is 8.37. The first kappa shape index (κ1) is 18.5. The number of carboxylic acids is 1. The van der Waals surface area contributed by atoms with Crippen molar-refractivity contribution < 1.29 is 14.6 Å². The lowest BCUT2D eigenvalue weighted by molar-refractivity contribution is -0.147. The predicted octanol–water partition coefficient (Wildman–Crippen LogP) is 3.78. The van der Waals surface area contributed by atoms with Crippen LogP contribution in [-0.4, -0.2) is 35.2 Å². The van der Waals surface area contributed by atoms with Gasteiger partial charge in [0.05, 0.1) is 12.0 Å². The Balaban J connectivity index is 1.45. The number of hydrogen-bond acceptors (Lipinski definition) is 3. The van der Waals surface area contributed by atoms with Crippen LogP contribution in [0.4, 0.5) is 0 Å². The van der Waals surface area contributed by atoms with Gasteiger partial charge < -0.3 is 9.84 Å². The molecule has 0 amide bonds. The minimum atomic E-state index is -0.680. The SMILES string of the molecule is CC(C)Oc1ccc(CCc2ccc(CN3CC(C(=O)O)C3)cc2)cc1. The summed E-state index contributed by atoms with van der Waals surface area (Å²) in [6.07, 6.45) is 2.22. The molecular formula is C22H27NO3. The number of aryl methyl sites for hydroxylation is 2. The number of likely N-dealkylation sites (tertiary alicyclic amines) is 1. The van der Waals surface area contributed by atoms with Crippen LogP contribution in [0.25, 0.3) is 0 Å². The Kier molecular flexibility index (Phi) is 5.94. The van der Waals surface area contributed by atoms with Crippen LogP contribution in [0.5, 0.6) is 5.75 Å². The van der Waals surface area contributed by atoms with Crippen LogP contribution in [0, 0.1) is 5.92 Å². The van der Waals surface area contributed by atoms with E-state index < -0.39 is 5.97 Å². The third kappa shape index (κ3) is 5.09. The number of benzene rings is 2. The van der Waals surface area contributed by atoms with Crippen molar-refractivity contribution in [2.45, 2.75) is 39.3 Å². The maximum Gasteiger partial charge on any atom is 0.309 e. The van der Waals surface area contributed by atoms with Crippen LogP contribution in [0.15, 0.2) is 48.5 Å². The van der Waals surface area contributed by atoms with Gasteiger partial charge in [-0.1, -0.05) is 36.4 Å². The molecule has 0 aromatic heterocycles. The lowest BCUT2D eigenvalue weighted by Gasteiger charge is -2.36. The molecule has 0 aliphatic carbocycles. The number of carbonyl (C=O) groups is 1. The highest BCUT2D eigenvalue weighted by atomic mass is 16.5. The van der Waals surface area contributed by atoms with E-state index in [2.05, 4.69) is 41.3 Å². The third-order valence-electron chi connectivity index (χ3n) is 4.73. The van der Waals surface area contributed by atoms with E-state index >= 15 is 0 Å². The smallest absolute Gasteiger partial charge is 0.309 e. The van der Waals surface area contributed by atoms with Gasteiger partial charge in [-0.25, -0.2) is 0 Å². The Bertz CT molecular complexity index is 716. The zero-order valence-corrected chi connectivity index (χ0v) is 15.5. The number of rotatable bonds is 8. The van der Waals surface area contributed by atoms with Crippen molar-refractivity contribution in [2.75, 3.05) is 13.1 Å². The minimum Gasteiger partial charge on any atom is -0.491 e. The Labute approximate surface area is 155 Å². The van der Waals surface area contributed by atoms with Crippen molar-refractivity contribution in [1.82, 2.24) is 4.90 Å². The molecule has 0 radical (unpaired) electrons. The summed E-state index contributed by atoms with van der Waals surface area (Å²) < 4.78 is 5.67. The van der Waals surface area contributed by atoms with E-state index in [9.17, 15) is 4.79 Å². The Morgan fingerprint density at radius 1 is 1.00 bits per heavy atom. The van der Waals surface area contributed by atoms with Crippen molar-refractivity contribution in [1.29, 1.82) is 0 Å². The molecule has 1 aliphatic rings. The molecule has 0 saturated carbocycles. The maximum atomic E-state index is 10.8. The van der Waals surface area contributed by atoms with E-state index in [0.29, 0.717) is 13.1 Å². The molecular weight excluding hydrogens is 326 g/mol. The molecule has 26 heavy (non-hydrogen) atoms.